The Morgan fingerprint density at radius 2 is 2.11 bits per heavy atom. The number of carbonyl (C=O) groups is 1. The van der Waals surface area contributed by atoms with Crippen LogP contribution in [0.5, 0.6) is 0 Å². The number of hydrogen-bond donors (Lipinski definition) is 1. The maximum absolute atomic E-state index is 12.3. The molecule has 1 amide bonds. The molecule has 0 bridgehead atoms. The van der Waals surface area contributed by atoms with Gasteiger partial charge in [-0.1, -0.05) is 0 Å². The standard InChI is InChI=1S/C14H17N3O2/c1-10-7-11(2)16-12(8-10)17-13(18)14(9-15)3-5-19-6-4-14/h7-8H,3-6H2,1-2H3,(H,16,17,18). The van der Waals surface area contributed by atoms with Crippen molar-refractivity contribution < 1.29 is 9.53 Å². The number of amides is 1. The van der Waals surface area contributed by atoms with E-state index in [1.807, 2.05) is 19.9 Å². The number of nitrogens with one attached hydrogen (secondary N) is 1. The average molecular weight is 259 g/mol. The van der Waals surface area contributed by atoms with Gasteiger partial charge < -0.3 is 10.1 Å². The molecule has 0 atom stereocenters. The van der Waals surface area contributed by atoms with Gasteiger partial charge in [0.2, 0.25) is 5.91 Å². The lowest BCUT2D eigenvalue weighted by Crippen LogP contribution is -2.40. The minimum atomic E-state index is -0.989. The predicted molar refractivity (Wildman–Crippen MR) is 70.4 cm³/mol. The average Bonchev–Trinajstić information content (AvgIpc) is 2.38. The fourth-order valence-corrected chi connectivity index (χ4v) is 2.25. The molecule has 100 valence electrons. The van der Waals surface area contributed by atoms with E-state index in [2.05, 4.69) is 16.4 Å². The summed E-state index contributed by atoms with van der Waals surface area (Å²) >= 11 is 0. The Morgan fingerprint density at radius 1 is 1.42 bits per heavy atom. The summed E-state index contributed by atoms with van der Waals surface area (Å²) in [6, 6.07) is 5.88. The molecule has 0 aliphatic carbocycles. The van der Waals surface area contributed by atoms with E-state index in [1.54, 1.807) is 6.07 Å². The molecule has 0 radical (unpaired) electrons. The number of nitrogens with zero attached hydrogens (tertiary/aromatic N) is 2. The van der Waals surface area contributed by atoms with Gasteiger partial charge in [0.25, 0.3) is 0 Å². The first-order valence-electron chi connectivity index (χ1n) is 6.31. The molecule has 0 unspecified atom stereocenters. The molecule has 0 spiro atoms. The number of hydrogen-bond acceptors (Lipinski definition) is 4. The van der Waals surface area contributed by atoms with Crippen LogP contribution >= 0.6 is 0 Å². The molecule has 5 heteroatoms. The zero-order chi connectivity index (χ0) is 13.9. The summed E-state index contributed by atoms with van der Waals surface area (Å²) in [7, 11) is 0. The maximum Gasteiger partial charge on any atom is 0.246 e. The second-order valence-corrected chi connectivity index (χ2v) is 4.93. The monoisotopic (exact) mass is 259 g/mol. The van der Waals surface area contributed by atoms with Crippen molar-refractivity contribution in [2.75, 3.05) is 18.5 Å². The van der Waals surface area contributed by atoms with Crippen molar-refractivity contribution in [3.8, 4) is 6.07 Å². The van der Waals surface area contributed by atoms with Crippen LogP contribution in [0.25, 0.3) is 0 Å². The predicted octanol–water partition coefficient (Wildman–Crippen LogP) is 1.96. The highest BCUT2D eigenvalue weighted by atomic mass is 16.5. The van der Waals surface area contributed by atoms with Gasteiger partial charge in [-0.3, -0.25) is 4.79 Å². The van der Waals surface area contributed by atoms with E-state index in [0.29, 0.717) is 31.9 Å². The molecule has 1 aromatic heterocycles. The largest absolute Gasteiger partial charge is 0.381 e. The highest BCUT2D eigenvalue weighted by Crippen LogP contribution is 2.31. The van der Waals surface area contributed by atoms with E-state index in [-0.39, 0.29) is 5.91 Å². The maximum atomic E-state index is 12.3. The summed E-state index contributed by atoms with van der Waals surface area (Å²) < 4.78 is 5.22. The van der Waals surface area contributed by atoms with Crippen molar-refractivity contribution in [3.63, 3.8) is 0 Å². The van der Waals surface area contributed by atoms with Crippen molar-refractivity contribution in [3.05, 3.63) is 23.4 Å². The number of rotatable bonds is 2. The Balaban J connectivity index is 2.18. The lowest BCUT2D eigenvalue weighted by atomic mass is 9.81. The third kappa shape index (κ3) is 2.91. The molecule has 1 aromatic rings. The van der Waals surface area contributed by atoms with Crippen molar-refractivity contribution in [2.24, 2.45) is 5.41 Å². The lowest BCUT2D eigenvalue weighted by Gasteiger charge is -2.29. The van der Waals surface area contributed by atoms with Gasteiger partial charge in [0.1, 0.15) is 11.2 Å². The molecular weight excluding hydrogens is 242 g/mol. The molecule has 1 fully saturated rings. The van der Waals surface area contributed by atoms with Gasteiger partial charge in [-0.15, -0.1) is 0 Å². The number of nitriles is 1. The van der Waals surface area contributed by atoms with E-state index < -0.39 is 5.41 Å². The van der Waals surface area contributed by atoms with Crippen LogP contribution in [0.4, 0.5) is 5.82 Å². The molecule has 0 aromatic carbocycles. The summed E-state index contributed by atoms with van der Waals surface area (Å²) in [5.74, 6) is 0.222. The van der Waals surface area contributed by atoms with Crippen molar-refractivity contribution in [1.82, 2.24) is 4.98 Å². The van der Waals surface area contributed by atoms with Gasteiger partial charge in [-0.25, -0.2) is 4.98 Å². The first-order chi connectivity index (χ1) is 9.05. The number of anilines is 1. The number of pyridine rings is 1. The molecule has 1 aliphatic rings. The fourth-order valence-electron chi connectivity index (χ4n) is 2.25. The van der Waals surface area contributed by atoms with Crippen LogP contribution < -0.4 is 5.32 Å². The topological polar surface area (TPSA) is 75.0 Å². The van der Waals surface area contributed by atoms with Crippen LogP contribution in [-0.2, 0) is 9.53 Å². The van der Waals surface area contributed by atoms with Crippen LogP contribution in [0, 0.1) is 30.6 Å². The number of carbonyl (C=O) groups excluding carboxylic acids is 1. The van der Waals surface area contributed by atoms with Crippen molar-refractivity contribution >= 4 is 11.7 Å². The summed E-state index contributed by atoms with van der Waals surface area (Å²) in [6.45, 7) is 4.71. The molecule has 1 saturated heterocycles. The molecule has 5 nitrogen and oxygen atoms in total. The Hall–Kier alpha value is -1.93. The molecule has 1 N–H and O–H groups in total. The second kappa shape index (κ2) is 5.37. The van der Waals surface area contributed by atoms with Crippen LogP contribution in [-0.4, -0.2) is 24.1 Å². The third-order valence-corrected chi connectivity index (χ3v) is 3.33. The molecule has 2 rings (SSSR count). The summed E-state index contributed by atoms with van der Waals surface area (Å²) in [5.41, 5.74) is 0.881. The van der Waals surface area contributed by atoms with E-state index in [9.17, 15) is 10.1 Å². The first-order valence-corrected chi connectivity index (χ1v) is 6.31. The molecular formula is C14H17N3O2. The van der Waals surface area contributed by atoms with Gasteiger partial charge in [0, 0.05) is 18.9 Å². The lowest BCUT2D eigenvalue weighted by molar-refractivity contribution is -0.126. The SMILES string of the molecule is Cc1cc(C)nc(NC(=O)C2(C#N)CCOCC2)c1. The van der Waals surface area contributed by atoms with Crippen LogP contribution in [0.2, 0.25) is 0 Å². The first kappa shape index (κ1) is 13.5. The van der Waals surface area contributed by atoms with Crippen LogP contribution in [0.1, 0.15) is 24.1 Å². The molecule has 0 saturated carbocycles. The van der Waals surface area contributed by atoms with E-state index >= 15 is 0 Å². The minimum absolute atomic E-state index is 0.282. The van der Waals surface area contributed by atoms with Crippen molar-refractivity contribution in [1.29, 1.82) is 5.26 Å². The molecule has 19 heavy (non-hydrogen) atoms. The highest BCUT2D eigenvalue weighted by molar-refractivity contribution is 5.96. The summed E-state index contributed by atoms with van der Waals surface area (Å²) in [6.07, 6.45) is 0.861. The molecule has 2 heterocycles. The van der Waals surface area contributed by atoms with Crippen LogP contribution in [0.15, 0.2) is 12.1 Å². The summed E-state index contributed by atoms with van der Waals surface area (Å²) in [4.78, 5) is 16.6. The Kier molecular flexibility index (Phi) is 3.82. The fraction of sp³-hybridized carbons (Fsp3) is 0.500. The number of aromatic nitrogens is 1. The van der Waals surface area contributed by atoms with E-state index in [1.165, 1.54) is 0 Å². The van der Waals surface area contributed by atoms with Crippen LogP contribution in [0.3, 0.4) is 0 Å². The second-order valence-electron chi connectivity index (χ2n) is 4.93. The third-order valence-electron chi connectivity index (χ3n) is 3.33. The van der Waals surface area contributed by atoms with Gasteiger partial charge in [0.05, 0.1) is 6.07 Å². The minimum Gasteiger partial charge on any atom is -0.381 e. The summed E-state index contributed by atoms with van der Waals surface area (Å²) in [5, 5.41) is 12.1. The van der Waals surface area contributed by atoms with Gasteiger partial charge in [-0.05, 0) is 44.4 Å². The van der Waals surface area contributed by atoms with Crippen molar-refractivity contribution in [2.45, 2.75) is 26.7 Å². The quantitative estimate of drug-likeness (QED) is 0.881. The zero-order valence-corrected chi connectivity index (χ0v) is 11.2. The Morgan fingerprint density at radius 3 is 2.68 bits per heavy atom. The molecule has 1 aliphatic heterocycles. The Bertz CT molecular complexity index is 508. The van der Waals surface area contributed by atoms with Gasteiger partial charge >= 0.3 is 0 Å². The van der Waals surface area contributed by atoms with Gasteiger partial charge in [-0.2, -0.15) is 5.26 Å². The smallest absolute Gasteiger partial charge is 0.246 e. The highest BCUT2D eigenvalue weighted by Gasteiger charge is 2.40. The number of ether oxygens (including phenoxy) is 1. The normalized spacial score (nSPS) is 17.5. The zero-order valence-electron chi connectivity index (χ0n) is 11.2. The number of aryl methyl sites for hydroxylation is 2. The Labute approximate surface area is 112 Å². The van der Waals surface area contributed by atoms with E-state index in [4.69, 9.17) is 4.74 Å². The van der Waals surface area contributed by atoms with Gasteiger partial charge in [0.15, 0.2) is 0 Å². The van der Waals surface area contributed by atoms with E-state index in [0.717, 1.165) is 11.3 Å².